The summed E-state index contributed by atoms with van der Waals surface area (Å²) in [6.07, 6.45) is 23.5. The van der Waals surface area contributed by atoms with Crippen molar-refractivity contribution in [2.24, 2.45) is 11.8 Å². The van der Waals surface area contributed by atoms with Crippen LogP contribution in [-0.4, -0.2) is 17.6 Å². The van der Waals surface area contributed by atoms with Gasteiger partial charge in [-0.15, -0.1) is 11.3 Å². The zero-order chi connectivity index (χ0) is 27.4. The van der Waals surface area contributed by atoms with Crippen LogP contribution in [-0.2, 0) is 10.4 Å². The first kappa shape index (κ1) is 34.6. The molecule has 216 valence electrons. The minimum absolute atomic E-state index is 0.0761. The van der Waals surface area contributed by atoms with E-state index >= 15 is 0 Å². The molecule has 37 heavy (non-hydrogen) atoms. The number of unbranched alkanes of at least 4 members (excludes halogenated alkanes) is 12. The van der Waals surface area contributed by atoms with E-state index < -0.39 is 5.60 Å². The van der Waals surface area contributed by atoms with E-state index in [4.69, 9.17) is 0 Å². The molecular weight excluding hydrogens is 542 g/mol. The van der Waals surface area contributed by atoms with Gasteiger partial charge in [0.05, 0.1) is 3.79 Å². The molecule has 0 saturated carbocycles. The predicted molar refractivity (Wildman–Crippen MR) is 166 cm³/mol. The van der Waals surface area contributed by atoms with Gasteiger partial charge in [-0.05, 0) is 59.7 Å². The fourth-order valence-corrected chi connectivity index (χ4v) is 7.13. The van der Waals surface area contributed by atoms with Crippen LogP contribution in [0.2, 0.25) is 0 Å². The zero-order valence-corrected chi connectivity index (χ0v) is 27.0. The van der Waals surface area contributed by atoms with Crippen molar-refractivity contribution in [3.8, 4) is 0 Å². The highest BCUT2D eigenvalue weighted by Gasteiger charge is 2.45. The van der Waals surface area contributed by atoms with Gasteiger partial charge in [0, 0.05) is 17.3 Å². The van der Waals surface area contributed by atoms with Crippen LogP contribution < -0.4 is 5.32 Å². The Bertz CT molecular complexity index is 694. The van der Waals surface area contributed by atoms with Gasteiger partial charge in [0.2, 0.25) is 0 Å². The standard InChI is InChI=1S/C32H58BrNO2S/c1-5-9-11-13-15-16-18-20-23-27(22-19-17-14-12-10-6-2)26-34-31(35)32(36,28(8-4)21-7-3)29-24-25-30(33)37-29/h24-25,27-28,36H,5-23,26H2,1-4H3,(H,34,35). The average molecular weight is 601 g/mol. The quantitative estimate of drug-likeness (QED) is 0.116. The maximum Gasteiger partial charge on any atom is 0.257 e. The van der Waals surface area contributed by atoms with E-state index in [1.165, 1.54) is 114 Å². The lowest BCUT2D eigenvalue weighted by Crippen LogP contribution is -2.50. The number of hydrogen-bond donors (Lipinski definition) is 2. The molecule has 0 bridgehead atoms. The summed E-state index contributed by atoms with van der Waals surface area (Å²) < 4.78 is 0.954. The summed E-state index contributed by atoms with van der Waals surface area (Å²) >= 11 is 5.01. The Morgan fingerprint density at radius 3 is 1.76 bits per heavy atom. The molecule has 0 aliphatic rings. The average Bonchev–Trinajstić information content (AvgIpc) is 3.34. The molecule has 1 aromatic rings. The van der Waals surface area contributed by atoms with Crippen LogP contribution in [0.3, 0.4) is 0 Å². The molecule has 3 unspecified atom stereocenters. The van der Waals surface area contributed by atoms with Crippen LogP contribution in [0, 0.1) is 11.8 Å². The van der Waals surface area contributed by atoms with E-state index in [1.807, 2.05) is 12.1 Å². The molecule has 2 N–H and O–H groups in total. The number of thiophene rings is 1. The molecule has 0 fully saturated rings. The van der Waals surface area contributed by atoms with Gasteiger partial charge in [0.25, 0.3) is 5.91 Å². The van der Waals surface area contributed by atoms with Crippen molar-refractivity contribution in [1.29, 1.82) is 0 Å². The Morgan fingerprint density at radius 1 is 0.811 bits per heavy atom. The minimum atomic E-state index is -1.45. The monoisotopic (exact) mass is 599 g/mol. The molecule has 0 aromatic carbocycles. The first-order valence-electron chi connectivity index (χ1n) is 15.7. The molecule has 0 radical (unpaired) electrons. The summed E-state index contributed by atoms with van der Waals surface area (Å²) in [7, 11) is 0. The highest BCUT2D eigenvalue weighted by Crippen LogP contribution is 2.40. The van der Waals surface area contributed by atoms with Crippen LogP contribution >= 0.6 is 27.3 Å². The van der Waals surface area contributed by atoms with Crippen LogP contribution in [0.15, 0.2) is 15.9 Å². The maximum absolute atomic E-state index is 13.6. The molecule has 1 heterocycles. The van der Waals surface area contributed by atoms with Gasteiger partial charge in [-0.3, -0.25) is 4.79 Å². The van der Waals surface area contributed by atoms with Crippen molar-refractivity contribution in [3.05, 3.63) is 20.8 Å². The van der Waals surface area contributed by atoms with Gasteiger partial charge in [-0.1, -0.05) is 124 Å². The summed E-state index contributed by atoms with van der Waals surface area (Å²) in [6.45, 7) is 9.44. The topological polar surface area (TPSA) is 49.3 Å². The highest BCUT2D eigenvalue weighted by atomic mass is 79.9. The highest BCUT2D eigenvalue weighted by molar-refractivity contribution is 9.11. The second-order valence-electron chi connectivity index (χ2n) is 11.2. The van der Waals surface area contributed by atoms with Gasteiger partial charge < -0.3 is 10.4 Å². The largest absolute Gasteiger partial charge is 0.374 e. The van der Waals surface area contributed by atoms with E-state index in [2.05, 4.69) is 48.9 Å². The summed E-state index contributed by atoms with van der Waals surface area (Å²) in [4.78, 5) is 14.4. The van der Waals surface area contributed by atoms with Crippen LogP contribution in [0.4, 0.5) is 0 Å². The summed E-state index contributed by atoms with van der Waals surface area (Å²) in [5.41, 5.74) is -1.45. The van der Waals surface area contributed by atoms with Gasteiger partial charge in [0.1, 0.15) is 0 Å². The van der Waals surface area contributed by atoms with E-state index in [-0.39, 0.29) is 11.8 Å². The Morgan fingerprint density at radius 2 is 1.32 bits per heavy atom. The number of nitrogens with one attached hydrogen (secondary N) is 1. The van der Waals surface area contributed by atoms with Crippen LogP contribution in [0.25, 0.3) is 0 Å². The zero-order valence-electron chi connectivity index (χ0n) is 24.6. The Balaban J connectivity index is 2.72. The SMILES string of the molecule is CCCCCCCCCCC(CCCCCCCC)CNC(=O)C(O)(c1ccc(Br)s1)C(CC)CCC. The second-order valence-corrected chi connectivity index (χ2v) is 13.6. The Hall–Kier alpha value is -0.390. The summed E-state index contributed by atoms with van der Waals surface area (Å²) in [5.74, 6) is 0.222. The first-order chi connectivity index (χ1) is 17.9. The Labute approximate surface area is 242 Å². The molecule has 1 aromatic heterocycles. The lowest BCUT2D eigenvalue weighted by molar-refractivity contribution is -0.148. The summed E-state index contributed by atoms with van der Waals surface area (Å²) in [6, 6.07) is 3.86. The minimum Gasteiger partial charge on any atom is -0.374 e. The van der Waals surface area contributed by atoms with Gasteiger partial charge >= 0.3 is 0 Å². The number of carbonyl (C=O) groups is 1. The fourth-order valence-electron chi connectivity index (χ4n) is 5.57. The third kappa shape index (κ3) is 13.5. The third-order valence-corrected chi connectivity index (χ3v) is 9.75. The van der Waals surface area contributed by atoms with Gasteiger partial charge in [-0.2, -0.15) is 0 Å². The van der Waals surface area contributed by atoms with E-state index in [0.717, 1.165) is 27.9 Å². The Kier molecular flexibility index (Phi) is 20.1. The van der Waals surface area contributed by atoms with Gasteiger partial charge in [0.15, 0.2) is 5.60 Å². The van der Waals surface area contributed by atoms with Crippen molar-refractivity contribution < 1.29 is 9.90 Å². The van der Waals surface area contributed by atoms with E-state index in [0.29, 0.717) is 12.5 Å². The number of halogens is 1. The molecule has 0 spiro atoms. The van der Waals surface area contributed by atoms with Crippen LogP contribution in [0.5, 0.6) is 0 Å². The number of aliphatic hydroxyl groups is 1. The number of rotatable bonds is 24. The van der Waals surface area contributed by atoms with Crippen molar-refractivity contribution >= 4 is 33.2 Å². The van der Waals surface area contributed by atoms with Crippen molar-refractivity contribution in [2.45, 2.75) is 155 Å². The second kappa shape index (κ2) is 21.4. The first-order valence-corrected chi connectivity index (χ1v) is 17.3. The number of amides is 1. The molecular formula is C32H58BrNO2S. The molecule has 0 aliphatic carbocycles. The summed E-state index contributed by atoms with van der Waals surface area (Å²) in [5, 5.41) is 15.1. The third-order valence-electron chi connectivity index (χ3n) is 8.00. The fraction of sp³-hybridized carbons (Fsp3) is 0.844. The van der Waals surface area contributed by atoms with Crippen molar-refractivity contribution in [2.75, 3.05) is 6.54 Å². The predicted octanol–water partition coefficient (Wildman–Crippen LogP) is 10.5. The lowest BCUT2D eigenvalue weighted by Gasteiger charge is -2.34. The smallest absolute Gasteiger partial charge is 0.257 e. The number of hydrogen-bond acceptors (Lipinski definition) is 3. The molecule has 3 atom stereocenters. The van der Waals surface area contributed by atoms with Gasteiger partial charge in [-0.25, -0.2) is 0 Å². The molecule has 3 nitrogen and oxygen atoms in total. The van der Waals surface area contributed by atoms with E-state index in [9.17, 15) is 9.90 Å². The number of carbonyl (C=O) groups excluding carboxylic acids is 1. The van der Waals surface area contributed by atoms with Crippen molar-refractivity contribution in [3.63, 3.8) is 0 Å². The molecule has 0 saturated heterocycles. The molecule has 5 heteroatoms. The molecule has 1 rings (SSSR count). The maximum atomic E-state index is 13.6. The van der Waals surface area contributed by atoms with Crippen molar-refractivity contribution in [1.82, 2.24) is 5.32 Å². The van der Waals surface area contributed by atoms with E-state index in [1.54, 1.807) is 0 Å². The normalized spacial score (nSPS) is 14.9. The molecule has 0 aliphatic heterocycles. The van der Waals surface area contributed by atoms with Crippen LogP contribution in [0.1, 0.15) is 155 Å². The molecule has 1 amide bonds. The lowest BCUT2D eigenvalue weighted by atomic mass is 9.80.